The number of imide groups is 1. The molecule has 0 aromatic heterocycles. The van der Waals surface area contributed by atoms with Gasteiger partial charge in [0.2, 0.25) is 5.75 Å². The van der Waals surface area contributed by atoms with E-state index >= 15 is 0 Å². The molecule has 3 amide bonds. The van der Waals surface area contributed by atoms with Crippen LogP contribution in [0.4, 0.5) is 10.5 Å². The van der Waals surface area contributed by atoms with Gasteiger partial charge in [0.05, 0.1) is 18.1 Å². The summed E-state index contributed by atoms with van der Waals surface area (Å²) in [5.74, 6) is -1.69. The van der Waals surface area contributed by atoms with E-state index in [-0.39, 0.29) is 17.9 Å². The van der Waals surface area contributed by atoms with Crippen molar-refractivity contribution in [2.24, 2.45) is 0 Å². The summed E-state index contributed by atoms with van der Waals surface area (Å²) < 4.78 is 9.99. The molecule has 30 heavy (non-hydrogen) atoms. The molecule has 1 heterocycles. The quantitative estimate of drug-likeness (QED) is 0.243. The number of carbonyl (C=O) groups excluding carboxylic acids is 3. The first-order valence-electron chi connectivity index (χ1n) is 9.05. The van der Waals surface area contributed by atoms with Gasteiger partial charge in [0, 0.05) is 0 Å². The van der Waals surface area contributed by atoms with E-state index in [1.54, 1.807) is 37.3 Å². The van der Waals surface area contributed by atoms with Crippen molar-refractivity contribution >= 4 is 23.6 Å². The number of urea groups is 1. The van der Waals surface area contributed by atoms with Crippen molar-refractivity contribution in [3.63, 3.8) is 0 Å². The van der Waals surface area contributed by atoms with Crippen LogP contribution in [0.15, 0.2) is 48.5 Å². The first-order chi connectivity index (χ1) is 14.3. The number of nitro benzene ring substituents is 1. The summed E-state index contributed by atoms with van der Waals surface area (Å²) in [7, 11) is 1.34. The van der Waals surface area contributed by atoms with Crippen molar-refractivity contribution in [3.8, 4) is 11.5 Å². The number of amides is 3. The maximum absolute atomic E-state index is 13.0. The van der Waals surface area contributed by atoms with Gasteiger partial charge in [-0.3, -0.25) is 19.8 Å². The summed E-state index contributed by atoms with van der Waals surface area (Å²) in [5, 5.41) is 13.9. The number of nitro groups is 1. The van der Waals surface area contributed by atoms with Crippen LogP contribution in [-0.2, 0) is 15.1 Å². The number of nitrogens with one attached hydrogen (secondary N) is 1. The van der Waals surface area contributed by atoms with Gasteiger partial charge in [-0.15, -0.1) is 0 Å². The predicted octanol–water partition coefficient (Wildman–Crippen LogP) is 2.37. The zero-order chi connectivity index (χ0) is 21.9. The number of hydrogen-bond acceptors (Lipinski definition) is 7. The van der Waals surface area contributed by atoms with Crippen molar-refractivity contribution in [1.29, 1.82) is 0 Å². The normalized spacial score (nSPS) is 18.1. The summed E-state index contributed by atoms with van der Waals surface area (Å²) >= 11 is 0. The van der Waals surface area contributed by atoms with E-state index in [1.807, 2.05) is 0 Å². The maximum atomic E-state index is 13.0. The van der Waals surface area contributed by atoms with Gasteiger partial charge >= 0.3 is 17.7 Å². The smallest absolute Gasteiger partial charge is 0.331 e. The molecule has 2 aromatic rings. The Bertz CT molecular complexity index is 1010. The molecule has 156 valence electrons. The van der Waals surface area contributed by atoms with Crippen molar-refractivity contribution in [2.75, 3.05) is 13.7 Å². The van der Waals surface area contributed by atoms with Gasteiger partial charge in [0.15, 0.2) is 0 Å². The van der Waals surface area contributed by atoms with Gasteiger partial charge < -0.3 is 14.8 Å². The Kier molecular flexibility index (Phi) is 5.67. The highest BCUT2D eigenvalue weighted by Crippen LogP contribution is 2.33. The molecule has 1 unspecified atom stereocenters. The third-order valence-electron chi connectivity index (χ3n) is 4.85. The van der Waals surface area contributed by atoms with E-state index in [4.69, 9.17) is 9.47 Å². The van der Waals surface area contributed by atoms with Gasteiger partial charge in [0.1, 0.15) is 17.8 Å². The van der Waals surface area contributed by atoms with Crippen molar-refractivity contribution in [1.82, 2.24) is 10.2 Å². The minimum atomic E-state index is -1.29. The van der Waals surface area contributed by atoms with Crippen LogP contribution in [0.1, 0.15) is 18.9 Å². The Labute approximate surface area is 171 Å². The zero-order valence-corrected chi connectivity index (χ0v) is 16.3. The molecule has 10 heteroatoms. The molecule has 1 saturated heterocycles. The number of nitrogens with zero attached hydrogens (tertiary/aromatic N) is 2. The lowest BCUT2D eigenvalue weighted by Gasteiger charge is -2.25. The molecule has 2 aromatic carbocycles. The number of methoxy groups -OCH3 is 1. The molecule has 0 radical (unpaired) electrons. The molecule has 0 aliphatic carbocycles. The number of rotatable bonds is 7. The second kappa shape index (κ2) is 8.19. The minimum Gasteiger partial charge on any atom is -0.496 e. The van der Waals surface area contributed by atoms with Crippen LogP contribution in [0.3, 0.4) is 0 Å². The van der Waals surface area contributed by atoms with Crippen LogP contribution in [0, 0.1) is 10.1 Å². The number of esters is 1. The average Bonchev–Trinajstić information content (AvgIpc) is 2.99. The van der Waals surface area contributed by atoms with Gasteiger partial charge in [-0.05, 0) is 24.1 Å². The molecule has 0 spiro atoms. The third kappa shape index (κ3) is 3.66. The van der Waals surface area contributed by atoms with Crippen LogP contribution in [0.5, 0.6) is 11.5 Å². The lowest BCUT2D eigenvalue weighted by atomic mass is 9.87. The Hall–Kier alpha value is -3.95. The van der Waals surface area contributed by atoms with Crippen LogP contribution in [0.25, 0.3) is 0 Å². The first kappa shape index (κ1) is 20.8. The summed E-state index contributed by atoms with van der Waals surface area (Å²) in [4.78, 5) is 49.1. The Morgan fingerprint density at radius 2 is 1.90 bits per heavy atom. The standard InChI is InChI=1S/C20H19N3O7/c1-3-20(13-7-5-4-6-8-13)18(25)22(19(26)21-20)12-17(24)30-16-10-9-14(29-2)11-15(16)23(27)28/h4-11H,3,12H2,1-2H3,(H,21,26). The van der Waals surface area contributed by atoms with Crippen molar-refractivity contribution in [2.45, 2.75) is 18.9 Å². The van der Waals surface area contributed by atoms with Crippen LogP contribution < -0.4 is 14.8 Å². The number of ether oxygens (including phenoxy) is 2. The SMILES string of the molecule is CCC1(c2ccccc2)NC(=O)N(CC(=O)Oc2ccc(OC)cc2[N+](=O)[O-])C1=O. The van der Waals surface area contributed by atoms with Gasteiger partial charge in [-0.25, -0.2) is 9.59 Å². The van der Waals surface area contributed by atoms with Crippen molar-refractivity contribution in [3.05, 3.63) is 64.2 Å². The lowest BCUT2D eigenvalue weighted by molar-refractivity contribution is -0.385. The van der Waals surface area contributed by atoms with E-state index < -0.39 is 40.6 Å². The zero-order valence-electron chi connectivity index (χ0n) is 16.3. The second-order valence-corrected chi connectivity index (χ2v) is 6.51. The Morgan fingerprint density at radius 3 is 2.50 bits per heavy atom. The highest BCUT2D eigenvalue weighted by molar-refractivity contribution is 6.09. The van der Waals surface area contributed by atoms with Crippen molar-refractivity contribution < 1.29 is 28.8 Å². The highest BCUT2D eigenvalue weighted by Gasteiger charge is 2.51. The summed E-state index contributed by atoms with van der Waals surface area (Å²) in [6.45, 7) is 1.05. The number of benzene rings is 2. The largest absolute Gasteiger partial charge is 0.496 e. The van der Waals surface area contributed by atoms with Gasteiger partial charge in [-0.1, -0.05) is 37.3 Å². The van der Waals surface area contributed by atoms with Crippen LogP contribution in [-0.4, -0.2) is 41.4 Å². The second-order valence-electron chi connectivity index (χ2n) is 6.51. The fraction of sp³-hybridized carbons (Fsp3) is 0.250. The topological polar surface area (TPSA) is 128 Å². The molecular weight excluding hydrogens is 394 g/mol. The maximum Gasteiger partial charge on any atom is 0.331 e. The predicted molar refractivity (Wildman–Crippen MR) is 104 cm³/mol. The molecule has 10 nitrogen and oxygen atoms in total. The lowest BCUT2D eigenvalue weighted by Crippen LogP contribution is -2.44. The molecule has 1 aliphatic heterocycles. The summed E-state index contributed by atoms with van der Waals surface area (Å²) in [6, 6.07) is 11.7. The van der Waals surface area contributed by atoms with E-state index in [1.165, 1.54) is 19.2 Å². The summed E-state index contributed by atoms with van der Waals surface area (Å²) in [5.41, 5.74) is -1.18. The highest BCUT2D eigenvalue weighted by atomic mass is 16.6. The molecule has 1 aliphatic rings. The molecular formula is C20H19N3O7. The average molecular weight is 413 g/mol. The van der Waals surface area contributed by atoms with Crippen LogP contribution in [0.2, 0.25) is 0 Å². The van der Waals surface area contributed by atoms with Crippen LogP contribution >= 0.6 is 0 Å². The fourth-order valence-electron chi connectivity index (χ4n) is 3.27. The Morgan fingerprint density at radius 1 is 1.20 bits per heavy atom. The molecule has 1 fully saturated rings. The Balaban J connectivity index is 1.80. The van der Waals surface area contributed by atoms with E-state index in [9.17, 15) is 24.5 Å². The van der Waals surface area contributed by atoms with E-state index in [2.05, 4.69) is 5.32 Å². The fourth-order valence-corrected chi connectivity index (χ4v) is 3.27. The van der Waals surface area contributed by atoms with E-state index in [0.29, 0.717) is 5.56 Å². The third-order valence-corrected chi connectivity index (χ3v) is 4.85. The molecule has 1 N–H and O–H groups in total. The van der Waals surface area contributed by atoms with Gasteiger partial charge in [-0.2, -0.15) is 0 Å². The number of carbonyl (C=O) groups is 3. The first-order valence-corrected chi connectivity index (χ1v) is 9.05. The van der Waals surface area contributed by atoms with E-state index in [0.717, 1.165) is 11.0 Å². The monoisotopic (exact) mass is 413 g/mol. The molecule has 1 atom stereocenters. The molecule has 0 saturated carbocycles. The molecule has 0 bridgehead atoms. The minimum absolute atomic E-state index is 0.214. The number of hydrogen-bond donors (Lipinski definition) is 1. The summed E-state index contributed by atoms with van der Waals surface area (Å²) in [6.07, 6.45) is 0.275. The molecule has 3 rings (SSSR count). The van der Waals surface area contributed by atoms with Gasteiger partial charge in [0.25, 0.3) is 5.91 Å².